The fourth-order valence-corrected chi connectivity index (χ4v) is 1.78. The number of hydrogen-bond acceptors (Lipinski definition) is 4. The molecule has 98 valence electrons. The average molecular weight is 256 g/mol. The van der Waals surface area contributed by atoms with Gasteiger partial charge in [0, 0.05) is 30.3 Å². The van der Waals surface area contributed by atoms with Crippen molar-refractivity contribution in [2.24, 2.45) is 5.73 Å². The molecule has 5 N–H and O–H groups in total. The van der Waals surface area contributed by atoms with Crippen molar-refractivity contribution in [1.29, 1.82) is 0 Å². The van der Waals surface area contributed by atoms with E-state index in [1.165, 1.54) is 0 Å². The third-order valence-electron chi connectivity index (χ3n) is 2.78. The number of anilines is 2. The monoisotopic (exact) mass is 256 g/mol. The fraction of sp³-hybridized carbons (Fsp3) is 0.143. The zero-order valence-electron chi connectivity index (χ0n) is 10.5. The van der Waals surface area contributed by atoms with Crippen LogP contribution in [-0.4, -0.2) is 17.4 Å². The summed E-state index contributed by atoms with van der Waals surface area (Å²) in [6, 6.07) is 9.09. The van der Waals surface area contributed by atoms with Gasteiger partial charge in [-0.25, -0.2) is 0 Å². The van der Waals surface area contributed by atoms with E-state index in [9.17, 15) is 4.79 Å². The second-order valence-corrected chi connectivity index (χ2v) is 4.20. The van der Waals surface area contributed by atoms with Crippen LogP contribution in [0.15, 0.2) is 42.7 Å². The number of hydrogen-bond donors (Lipinski definition) is 3. The summed E-state index contributed by atoms with van der Waals surface area (Å²) in [5.74, 6) is -0.520. The molecule has 5 nitrogen and oxygen atoms in total. The van der Waals surface area contributed by atoms with Crippen LogP contribution in [0.2, 0.25) is 0 Å². The van der Waals surface area contributed by atoms with Gasteiger partial charge in [-0.05, 0) is 36.2 Å². The van der Waals surface area contributed by atoms with E-state index in [0.29, 0.717) is 11.3 Å². The number of pyridine rings is 1. The van der Waals surface area contributed by atoms with Gasteiger partial charge in [0.25, 0.3) is 5.91 Å². The lowest BCUT2D eigenvalue weighted by Gasteiger charge is -2.09. The van der Waals surface area contributed by atoms with Gasteiger partial charge in [0.05, 0.1) is 5.56 Å². The number of carbonyl (C=O) groups is 1. The summed E-state index contributed by atoms with van der Waals surface area (Å²) in [7, 11) is 0. The van der Waals surface area contributed by atoms with Gasteiger partial charge in [0.2, 0.25) is 0 Å². The van der Waals surface area contributed by atoms with Crippen LogP contribution in [0, 0.1) is 0 Å². The minimum atomic E-state index is -0.520. The highest BCUT2D eigenvalue weighted by atomic mass is 16.1. The molecule has 0 unspecified atom stereocenters. The Balaban J connectivity index is 1.97. The minimum absolute atomic E-state index is 0.339. The van der Waals surface area contributed by atoms with E-state index >= 15 is 0 Å². The maximum atomic E-state index is 11.2. The van der Waals surface area contributed by atoms with Crippen molar-refractivity contribution < 1.29 is 4.79 Å². The Bertz CT molecular complexity index is 569. The number of nitrogens with two attached hydrogens (primary N) is 2. The van der Waals surface area contributed by atoms with Crippen LogP contribution < -0.4 is 16.8 Å². The first-order chi connectivity index (χ1) is 9.16. The quantitative estimate of drug-likeness (QED) is 0.705. The second kappa shape index (κ2) is 5.86. The van der Waals surface area contributed by atoms with Gasteiger partial charge >= 0.3 is 0 Å². The molecule has 0 saturated carbocycles. The van der Waals surface area contributed by atoms with Gasteiger partial charge in [-0.15, -0.1) is 0 Å². The lowest BCUT2D eigenvalue weighted by molar-refractivity contribution is 0.100. The summed E-state index contributed by atoms with van der Waals surface area (Å²) in [5, 5.41) is 3.22. The Hall–Kier alpha value is -2.56. The topological polar surface area (TPSA) is 94.0 Å². The molecule has 0 aliphatic carbocycles. The number of aromatic nitrogens is 1. The first kappa shape index (κ1) is 12.9. The normalized spacial score (nSPS) is 10.1. The summed E-state index contributed by atoms with van der Waals surface area (Å²) in [5.41, 5.74) is 13.6. The largest absolute Gasteiger partial charge is 0.398 e. The summed E-state index contributed by atoms with van der Waals surface area (Å²) >= 11 is 0. The van der Waals surface area contributed by atoms with Crippen LogP contribution in [0.3, 0.4) is 0 Å². The van der Waals surface area contributed by atoms with E-state index in [-0.39, 0.29) is 0 Å². The van der Waals surface area contributed by atoms with Crippen molar-refractivity contribution in [2.45, 2.75) is 6.42 Å². The summed E-state index contributed by atoms with van der Waals surface area (Å²) in [4.78, 5) is 15.2. The second-order valence-electron chi connectivity index (χ2n) is 4.20. The van der Waals surface area contributed by atoms with Crippen molar-refractivity contribution in [3.05, 3.63) is 53.9 Å². The van der Waals surface area contributed by atoms with Crippen LogP contribution in [0.1, 0.15) is 15.9 Å². The molecule has 1 heterocycles. The Morgan fingerprint density at radius 3 is 2.84 bits per heavy atom. The lowest BCUT2D eigenvalue weighted by Crippen LogP contribution is -2.14. The molecular formula is C14H16N4O. The number of amides is 1. The summed E-state index contributed by atoms with van der Waals surface area (Å²) in [6.45, 7) is 0.744. The van der Waals surface area contributed by atoms with E-state index < -0.39 is 5.91 Å². The molecule has 0 atom stereocenters. The van der Waals surface area contributed by atoms with Crippen LogP contribution in [0.25, 0.3) is 0 Å². The highest BCUT2D eigenvalue weighted by Gasteiger charge is 2.06. The smallest absolute Gasteiger partial charge is 0.250 e. The third-order valence-corrected chi connectivity index (χ3v) is 2.78. The number of benzene rings is 1. The van der Waals surface area contributed by atoms with E-state index in [0.717, 1.165) is 24.2 Å². The number of nitrogen functional groups attached to an aromatic ring is 1. The maximum Gasteiger partial charge on any atom is 0.250 e. The molecule has 2 aromatic rings. The third kappa shape index (κ3) is 3.45. The van der Waals surface area contributed by atoms with Crippen molar-refractivity contribution in [3.8, 4) is 0 Å². The Morgan fingerprint density at radius 2 is 2.16 bits per heavy atom. The highest BCUT2D eigenvalue weighted by molar-refractivity contribution is 5.98. The SMILES string of the molecule is NC(=O)c1cc(NCCc2cccnc2)ccc1N. The minimum Gasteiger partial charge on any atom is -0.398 e. The number of primary amides is 1. The van der Waals surface area contributed by atoms with Crippen LogP contribution >= 0.6 is 0 Å². The predicted molar refractivity (Wildman–Crippen MR) is 75.8 cm³/mol. The van der Waals surface area contributed by atoms with Crippen molar-refractivity contribution >= 4 is 17.3 Å². The number of nitrogens with one attached hydrogen (secondary N) is 1. The first-order valence-corrected chi connectivity index (χ1v) is 5.99. The molecule has 1 aromatic carbocycles. The zero-order chi connectivity index (χ0) is 13.7. The zero-order valence-corrected chi connectivity index (χ0v) is 10.5. The molecule has 5 heteroatoms. The van der Waals surface area contributed by atoms with Gasteiger partial charge in [0.15, 0.2) is 0 Å². The summed E-state index contributed by atoms with van der Waals surface area (Å²) < 4.78 is 0. The lowest BCUT2D eigenvalue weighted by atomic mass is 10.1. The van der Waals surface area contributed by atoms with Gasteiger partial charge in [0.1, 0.15) is 0 Å². The highest BCUT2D eigenvalue weighted by Crippen LogP contribution is 2.17. The molecular weight excluding hydrogens is 240 g/mol. The number of nitrogens with zero attached hydrogens (tertiary/aromatic N) is 1. The molecule has 0 aliphatic rings. The number of carbonyl (C=O) groups excluding carboxylic acids is 1. The molecule has 1 aromatic heterocycles. The first-order valence-electron chi connectivity index (χ1n) is 5.99. The maximum absolute atomic E-state index is 11.2. The molecule has 0 bridgehead atoms. The van der Waals surface area contributed by atoms with E-state index in [4.69, 9.17) is 11.5 Å². The predicted octanol–water partition coefficient (Wildman–Crippen LogP) is 1.42. The van der Waals surface area contributed by atoms with Crippen LogP contribution in [0.5, 0.6) is 0 Å². The van der Waals surface area contributed by atoms with Gasteiger partial charge < -0.3 is 16.8 Å². The van der Waals surface area contributed by atoms with Crippen molar-refractivity contribution in [2.75, 3.05) is 17.6 Å². The molecule has 0 saturated heterocycles. The average Bonchev–Trinajstić information content (AvgIpc) is 2.41. The van der Waals surface area contributed by atoms with Gasteiger partial charge in [-0.1, -0.05) is 6.07 Å². The molecule has 0 spiro atoms. The van der Waals surface area contributed by atoms with Gasteiger partial charge in [-0.3, -0.25) is 9.78 Å². The molecule has 0 aliphatic heterocycles. The Morgan fingerprint density at radius 1 is 1.32 bits per heavy atom. The van der Waals surface area contributed by atoms with Crippen LogP contribution in [-0.2, 0) is 6.42 Å². The summed E-state index contributed by atoms with van der Waals surface area (Å²) in [6.07, 6.45) is 4.43. The van der Waals surface area contributed by atoms with Crippen molar-refractivity contribution in [3.63, 3.8) is 0 Å². The molecule has 0 radical (unpaired) electrons. The fourth-order valence-electron chi connectivity index (χ4n) is 1.78. The molecule has 0 fully saturated rings. The van der Waals surface area contributed by atoms with Crippen molar-refractivity contribution in [1.82, 2.24) is 4.98 Å². The van der Waals surface area contributed by atoms with E-state index in [1.807, 2.05) is 24.4 Å². The van der Waals surface area contributed by atoms with Crippen LogP contribution in [0.4, 0.5) is 11.4 Å². The van der Waals surface area contributed by atoms with E-state index in [1.54, 1.807) is 18.3 Å². The van der Waals surface area contributed by atoms with Gasteiger partial charge in [-0.2, -0.15) is 0 Å². The molecule has 2 rings (SSSR count). The van der Waals surface area contributed by atoms with E-state index in [2.05, 4.69) is 10.3 Å². The molecule has 19 heavy (non-hydrogen) atoms. The Kier molecular flexibility index (Phi) is 3.97. The number of rotatable bonds is 5. The Labute approximate surface area is 111 Å². The molecule has 1 amide bonds. The standard InChI is InChI=1S/C14H16N4O/c15-13-4-3-11(8-12(13)14(16)19)18-7-5-10-2-1-6-17-9-10/h1-4,6,8-9,18H,5,7,15H2,(H2,16,19).